The summed E-state index contributed by atoms with van der Waals surface area (Å²) in [4.78, 5) is 7.15. The molecular weight excluding hydrogens is 126 g/mol. The number of aryl methyl sites for hydroxylation is 1. The number of aromatic nitrogens is 2. The zero-order chi connectivity index (χ0) is 7.56. The van der Waals surface area contributed by atoms with Crippen LogP contribution in [0.1, 0.15) is 12.6 Å². The maximum Gasteiger partial charge on any atom is 0.338 e. The van der Waals surface area contributed by atoms with E-state index < -0.39 is 0 Å². The van der Waals surface area contributed by atoms with Crippen molar-refractivity contribution in [1.82, 2.24) is 9.55 Å². The number of rotatable bonds is 1. The molecule has 0 radical (unpaired) electrons. The van der Waals surface area contributed by atoms with Gasteiger partial charge < -0.3 is 4.85 Å². The van der Waals surface area contributed by atoms with Gasteiger partial charge in [0.05, 0.1) is 5.69 Å². The maximum atomic E-state index is 6.71. The van der Waals surface area contributed by atoms with Crippen molar-refractivity contribution in [2.75, 3.05) is 0 Å². The van der Waals surface area contributed by atoms with Crippen LogP contribution in [0.3, 0.4) is 0 Å². The number of imidazole rings is 1. The molecule has 0 aromatic carbocycles. The Morgan fingerprint density at radius 1 is 1.80 bits per heavy atom. The third kappa shape index (κ3) is 0.883. The molecule has 0 N–H and O–H groups in total. The van der Waals surface area contributed by atoms with E-state index in [1.807, 2.05) is 18.5 Å². The van der Waals surface area contributed by atoms with E-state index in [0.29, 0.717) is 5.95 Å². The first kappa shape index (κ1) is 6.81. The van der Waals surface area contributed by atoms with Crippen LogP contribution in [0.25, 0.3) is 4.85 Å². The van der Waals surface area contributed by atoms with Crippen molar-refractivity contribution in [1.29, 1.82) is 0 Å². The molecule has 0 spiro atoms. The highest BCUT2D eigenvalue weighted by atomic mass is 15.1. The fourth-order valence-corrected chi connectivity index (χ4v) is 0.866. The Labute approximate surface area is 60.1 Å². The molecule has 1 aromatic heterocycles. The standard InChI is InChI=1S/C7H9N3/c1-4-6-5-9-7(8-2)10(6)3/h5H,4H2,1,3H3. The Kier molecular flexibility index (Phi) is 1.72. The highest BCUT2D eigenvalue weighted by molar-refractivity contribution is 5.29. The predicted molar refractivity (Wildman–Crippen MR) is 38.8 cm³/mol. The molecule has 1 heterocycles. The topological polar surface area (TPSA) is 22.2 Å². The Bertz CT molecular complexity index is 267. The van der Waals surface area contributed by atoms with Gasteiger partial charge in [0.25, 0.3) is 0 Å². The summed E-state index contributed by atoms with van der Waals surface area (Å²) in [6, 6.07) is 0. The first-order valence-corrected chi connectivity index (χ1v) is 3.17. The fourth-order valence-electron chi connectivity index (χ4n) is 0.866. The smallest absolute Gasteiger partial charge is 0.338 e. The van der Waals surface area contributed by atoms with E-state index in [2.05, 4.69) is 9.83 Å². The second kappa shape index (κ2) is 2.53. The summed E-state index contributed by atoms with van der Waals surface area (Å²) >= 11 is 0. The molecule has 52 valence electrons. The van der Waals surface area contributed by atoms with Crippen molar-refractivity contribution >= 4 is 5.95 Å². The van der Waals surface area contributed by atoms with Gasteiger partial charge in [-0.3, -0.25) is 4.57 Å². The molecule has 1 rings (SSSR count). The van der Waals surface area contributed by atoms with Crippen molar-refractivity contribution in [3.05, 3.63) is 23.3 Å². The van der Waals surface area contributed by atoms with Gasteiger partial charge in [-0.2, -0.15) is 4.98 Å². The molecular formula is C7H9N3. The largest absolute Gasteiger partial charge is 0.397 e. The summed E-state index contributed by atoms with van der Waals surface area (Å²) in [5, 5.41) is 0. The molecule has 0 bridgehead atoms. The van der Waals surface area contributed by atoms with Crippen molar-refractivity contribution in [3.63, 3.8) is 0 Å². The molecule has 3 heteroatoms. The lowest BCUT2D eigenvalue weighted by Crippen LogP contribution is -1.91. The second-order valence-electron chi connectivity index (χ2n) is 2.07. The lowest BCUT2D eigenvalue weighted by atomic mass is 10.4. The van der Waals surface area contributed by atoms with Gasteiger partial charge in [-0.25, -0.2) is 0 Å². The minimum Gasteiger partial charge on any atom is -0.397 e. The molecule has 3 nitrogen and oxygen atoms in total. The van der Waals surface area contributed by atoms with Gasteiger partial charge in [-0.05, 0) is 0 Å². The lowest BCUT2D eigenvalue weighted by molar-refractivity contribution is 0.849. The third-order valence-electron chi connectivity index (χ3n) is 1.52. The van der Waals surface area contributed by atoms with E-state index in [0.717, 1.165) is 12.1 Å². The van der Waals surface area contributed by atoms with E-state index in [4.69, 9.17) is 6.57 Å². The Morgan fingerprint density at radius 3 is 2.80 bits per heavy atom. The Balaban J connectivity index is 3.12. The molecule has 0 aliphatic rings. The normalized spacial score (nSPS) is 9.30. The van der Waals surface area contributed by atoms with Gasteiger partial charge >= 0.3 is 5.95 Å². The van der Waals surface area contributed by atoms with Crippen LogP contribution in [-0.2, 0) is 13.5 Å². The summed E-state index contributed by atoms with van der Waals surface area (Å²) in [6.07, 6.45) is 2.67. The minimum atomic E-state index is 0.469. The van der Waals surface area contributed by atoms with Crippen LogP contribution in [0.5, 0.6) is 0 Å². The number of hydrogen-bond acceptors (Lipinski definition) is 1. The summed E-state index contributed by atoms with van der Waals surface area (Å²) in [7, 11) is 1.86. The molecule has 0 atom stereocenters. The van der Waals surface area contributed by atoms with E-state index in [9.17, 15) is 0 Å². The fraction of sp³-hybridized carbons (Fsp3) is 0.429. The van der Waals surface area contributed by atoms with Gasteiger partial charge in [0.1, 0.15) is 6.20 Å². The first-order chi connectivity index (χ1) is 4.79. The average molecular weight is 135 g/mol. The average Bonchev–Trinajstić information content (AvgIpc) is 2.30. The summed E-state index contributed by atoms with van der Waals surface area (Å²) in [5.41, 5.74) is 1.10. The summed E-state index contributed by atoms with van der Waals surface area (Å²) < 4.78 is 1.81. The summed E-state index contributed by atoms with van der Waals surface area (Å²) in [6.45, 7) is 8.76. The van der Waals surface area contributed by atoms with E-state index in [1.165, 1.54) is 0 Å². The maximum absolute atomic E-state index is 6.71. The van der Waals surface area contributed by atoms with Gasteiger partial charge in [0.15, 0.2) is 0 Å². The molecule has 0 saturated heterocycles. The summed E-state index contributed by atoms with van der Waals surface area (Å²) in [5.74, 6) is 0.469. The van der Waals surface area contributed by atoms with Gasteiger partial charge in [0, 0.05) is 13.5 Å². The van der Waals surface area contributed by atoms with Gasteiger partial charge in [-0.15, -0.1) is 6.57 Å². The SMILES string of the molecule is [C-]#[N+]c1ncc(CC)n1C. The monoisotopic (exact) mass is 135 g/mol. The van der Waals surface area contributed by atoms with Crippen molar-refractivity contribution < 1.29 is 0 Å². The zero-order valence-corrected chi connectivity index (χ0v) is 6.13. The molecule has 0 amide bonds. The first-order valence-electron chi connectivity index (χ1n) is 3.17. The molecule has 0 aliphatic heterocycles. The minimum absolute atomic E-state index is 0.469. The highest BCUT2D eigenvalue weighted by Gasteiger charge is 2.04. The van der Waals surface area contributed by atoms with Crippen LogP contribution in [-0.4, -0.2) is 9.55 Å². The van der Waals surface area contributed by atoms with Gasteiger partial charge in [0.2, 0.25) is 0 Å². The van der Waals surface area contributed by atoms with E-state index in [-0.39, 0.29) is 0 Å². The van der Waals surface area contributed by atoms with Crippen LogP contribution in [0.15, 0.2) is 6.20 Å². The van der Waals surface area contributed by atoms with Crippen LogP contribution < -0.4 is 0 Å². The van der Waals surface area contributed by atoms with Crippen LogP contribution >= 0.6 is 0 Å². The lowest BCUT2D eigenvalue weighted by Gasteiger charge is -1.94. The molecule has 0 fully saturated rings. The van der Waals surface area contributed by atoms with Crippen LogP contribution in [0.4, 0.5) is 5.95 Å². The van der Waals surface area contributed by atoms with Crippen molar-refractivity contribution in [2.45, 2.75) is 13.3 Å². The van der Waals surface area contributed by atoms with E-state index >= 15 is 0 Å². The molecule has 0 unspecified atom stereocenters. The number of hydrogen-bond donors (Lipinski definition) is 0. The van der Waals surface area contributed by atoms with Crippen LogP contribution in [0, 0.1) is 6.57 Å². The van der Waals surface area contributed by atoms with E-state index in [1.54, 1.807) is 6.20 Å². The second-order valence-corrected chi connectivity index (χ2v) is 2.07. The highest BCUT2D eigenvalue weighted by Crippen LogP contribution is 2.10. The molecule has 0 saturated carbocycles. The molecule has 10 heavy (non-hydrogen) atoms. The zero-order valence-electron chi connectivity index (χ0n) is 6.13. The third-order valence-corrected chi connectivity index (χ3v) is 1.52. The van der Waals surface area contributed by atoms with Gasteiger partial charge in [-0.1, -0.05) is 6.92 Å². The predicted octanol–water partition coefficient (Wildman–Crippen LogP) is 1.53. The molecule has 1 aromatic rings. The quantitative estimate of drug-likeness (QED) is 0.535. The van der Waals surface area contributed by atoms with Crippen LogP contribution in [0.2, 0.25) is 0 Å². The van der Waals surface area contributed by atoms with Crippen molar-refractivity contribution in [3.8, 4) is 0 Å². The Hall–Kier alpha value is -1.30. The van der Waals surface area contributed by atoms with Crippen molar-refractivity contribution in [2.24, 2.45) is 7.05 Å². The number of nitrogens with zero attached hydrogens (tertiary/aromatic N) is 3. The Morgan fingerprint density at radius 2 is 2.50 bits per heavy atom. The molecule has 0 aliphatic carbocycles.